The van der Waals surface area contributed by atoms with Crippen molar-refractivity contribution in [1.29, 1.82) is 0 Å². The van der Waals surface area contributed by atoms with Crippen LogP contribution in [0.25, 0.3) is 10.9 Å². The molecule has 0 aliphatic heterocycles. The number of H-pyrrole nitrogens is 1. The molecule has 9 heteroatoms. The van der Waals surface area contributed by atoms with Gasteiger partial charge in [-0.2, -0.15) is 0 Å². The van der Waals surface area contributed by atoms with Gasteiger partial charge < -0.3 is 29.7 Å². The Hall–Kier alpha value is -4.14. The van der Waals surface area contributed by atoms with E-state index in [-0.39, 0.29) is 24.2 Å². The number of para-hydroxylation sites is 1. The molecule has 0 saturated heterocycles. The van der Waals surface area contributed by atoms with Crippen LogP contribution in [0.1, 0.15) is 17.0 Å². The van der Waals surface area contributed by atoms with Crippen LogP contribution in [-0.2, 0) is 11.3 Å². The number of imidazole rings is 1. The average molecular weight is 419 g/mol. The Morgan fingerprint density at radius 3 is 2.74 bits per heavy atom. The van der Waals surface area contributed by atoms with E-state index >= 15 is 0 Å². The molecule has 2 aromatic carbocycles. The lowest BCUT2D eigenvalue weighted by atomic mass is 9.91. The Morgan fingerprint density at radius 1 is 1.26 bits per heavy atom. The third-order valence-electron chi connectivity index (χ3n) is 5.15. The highest BCUT2D eigenvalue weighted by Gasteiger charge is 2.20. The summed E-state index contributed by atoms with van der Waals surface area (Å²) in [7, 11) is 1.62. The second-order valence-electron chi connectivity index (χ2n) is 7.08. The second-order valence-corrected chi connectivity index (χ2v) is 7.08. The molecule has 2 N–H and O–H groups in total. The van der Waals surface area contributed by atoms with Crippen LogP contribution < -0.4 is 10.1 Å². The smallest absolute Gasteiger partial charge is 0.381 e. The van der Waals surface area contributed by atoms with E-state index in [1.807, 2.05) is 54.7 Å². The van der Waals surface area contributed by atoms with Crippen molar-refractivity contribution < 1.29 is 14.5 Å². The number of carbonyl (C=O) groups is 1. The lowest BCUT2D eigenvalue weighted by Crippen LogP contribution is -2.31. The number of ether oxygens (including phenoxy) is 1. The first-order valence-electron chi connectivity index (χ1n) is 9.68. The van der Waals surface area contributed by atoms with Gasteiger partial charge in [0, 0.05) is 29.6 Å². The first kappa shape index (κ1) is 20.1. The summed E-state index contributed by atoms with van der Waals surface area (Å²) in [5.41, 5.74) is 3.12. The summed E-state index contributed by atoms with van der Waals surface area (Å²) in [5.74, 6) is 0.114. The number of amides is 1. The van der Waals surface area contributed by atoms with Crippen LogP contribution in [0.15, 0.2) is 67.3 Å². The van der Waals surface area contributed by atoms with Gasteiger partial charge in [0.15, 0.2) is 0 Å². The molecule has 0 fully saturated rings. The number of nitrogens with one attached hydrogen (secondary N) is 2. The molecule has 1 unspecified atom stereocenters. The van der Waals surface area contributed by atoms with Gasteiger partial charge in [0.1, 0.15) is 18.5 Å². The number of methoxy groups -OCH3 is 1. The molecule has 0 radical (unpaired) electrons. The molecule has 9 nitrogen and oxygen atoms in total. The van der Waals surface area contributed by atoms with E-state index < -0.39 is 4.92 Å². The Bertz CT molecular complexity index is 1210. The maximum absolute atomic E-state index is 12.5. The molecule has 31 heavy (non-hydrogen) atoms. The van der Waals surface area contributed by atoms with Gasteiger partial charge in [-0.05, 0) is 39.2 Å². The van der Waals surface area contributed by atoms with Gasteiger partial charge in [-0.15, -0.1) is 0 Å². The minimum absolute atomic E-state index is 0.0515. The first-order chi connectivity index (χ1) is 15.0. The zero-order valence-electron chi connectivity index (χ0n) is 16.8. The van der Waals surface area contributed by atoms with Crippen molar-refractivity contribution in [3.8, 4) is 5.75 Å². The van der Waals surface area contributed by atoms with Gasteiger partial charge >= 0.3 is 5.82 Å². The number of aromatic nitrogens is 3. The second kappa shape index (κ2) is 8.70. The average Bonchev–Trinajstić information content (AvgIpc) is 3.42. The lowest BCUT2D eigenvalue weighted by Gasteiger charge is -2.18. The molecular formula is C22H21N5O4. The predicted molar refractivity (Wildman–Crippen MR) is 115 cm³/mol. The van der Waals surface area contributed by atoms with Crippen LogP contribution in [0.5, 0.6) is 5.75 Å². The van der Waals surface area contributed by atoms with Crippen LogP contribution in [-0.4, -0.2) is 39.0 Å². The SMILES string of the molecule is COc1ccc(C(CNC(=O)Cn2cnc([N+](=O)[O-])c2)c2c[nH]c3ccccc23)cc1. The fourth-order valence-electron chi connectivity index (χ4n) is 3.59. The van der Waals surface area contributed by atoms with Crippen LogP contribution in [0.3, 0.4) is 0 Å². The van der Waals surface area contributed by atoms with Gasteiger partial charge in [0.05, 0.1) is 7.11 Å². The van der Waals surface area contributed by atoms with Crippen molar-refractivity contribution in [2.24, 2.45) is 0 Å². The molecule has 0 bridgehead atoms. The topological polar surface area (TPSA) is 115 Å². The molecule has 0 saturated carbocycles. The van der Waals surface area contributed by atoms with E-state index in [4.69, 9.17) is 4.74 Å². The molecule has 4 aromatic rings. The van der Waals surface area contributed by atoms with Gasteiger partial charge in [-0.3, -0.25) is 4.79 Å². The molecule has 2 heterocycles. The highest BCUT2D eigenvalue weighted by atomic mass is 16.6. The number of carbonyl (C=O) groups excluding carboxylic acids is 1. The van der Waals surface area contributed by atoms with Gasteiger partial charge in [0.2, 0.25) is 12.2 Å². The molecule has 1 amide bonds. The van der Waals surface area contributed by atoms with Crippen molar-refractivity contribution in [3.05, 3.63) is 88.5 Å². The monoisotopic (exact) mass is 419 g/mol. The number of fused-ring (bicyclic) bond motifs is 1. The standard InChI is InChI=1S/C22H21N5O4/c1-31-16-8-6-15(7-9-16)18(19-11-23-20-5-3-2-4-17(19)20)10-24-22(28)13-26-12-21(25-14-26)27(29)30/h2-9,11-12,14,18,23H,10,13H2,1H3,(H,24,28). The minimum Gasteiger partial charge on any atom is -0.497 e. The molecule has 4 rings (SSSR count). The highest BCUT2D eigenvalue weighted by molar-refractivity contribution is 5.84. The Kier molecular flexibility index (Phi) is 5.65. The number of rotatable bonds is 8. The maximum Gasteiger partial charge on any atom is 0.381 e. The quantitative estimate of drug-likeness (QED) is 0.336. The normalized spacial score (nSPS) is 11.9. The summed E-state index contributed by atoms with van der Waals surface area (Å²) in [4.78, 5) is 29.6. The molecule has 2 aromatic heterocycles. The fourth-order valence-corrected chi connectivity index (χ4v) is 3.59. The third-order valence-corrected chi connectivity index (χ3v) is 5.15. The number of benzene rings is 2. The fraction of sp³-hybridized carbons (Fsp3) is 0.182. The lowest BCUT2D eigenvalue weighted by molar-refractivity contribution is -0.389. The highest BCUT2D eigenvalue weighted by Crippen LogP contribution is 2.31. The summed E-state index contributed by atoms with van der Waals surface area (Å²) in [5, 5.41) is 14.8. The Labute approximate surface area is 177 Å². The Morgan fingerprint density at radius 2 is 2.03 bits per heavy atom. The predicted octanol–water partition coefficient (Wildman–Crippen LogP) is 3.23. The zero-order valence-corrected chi connectivity index (χ0v) is 16.8. The van der Waals surface area contributed by atoms with E-state index in [2.05, 4.69) is 15.3 Å². The van der Waals surface area contributed by atoms with Crippen molar-refractivity contribution >= 4 is 22.6 Å². The number of nitrogens with zero attached hydrogens (tertiary/aromatic N) is 3. The molecular weight excluding hydrogens is 398 g/mol. The molecule has 1 atom stereocenters. The van der Waals surface area contributed by atoms with Gasteiger partial charge in [-0.1, -0.05) is 30.3 Å². The van der Waals surface area contributed by atoms with E-state index in [1.165, 1.54) is 17.1 Å². The van der Waals surface area contributed by atoms with Crippen LogP contribution in [0, 0.1) is 10.1 Å². The molecule has 158 valence electrons. The summed E-state index contributed by atoms with van der Waals surface area (Å²) in [6.07, 6.45) is 4.48. The number of hydrogen-bond donors (Lipinski definition) is 2. The van der Waals surface area contributed by atoms with Gasteiger partial charge in [0.25, 0.3) is 0 Å². The number of nitro groups is 1. The van der Waals surface area contributed by atoms with Crippen LogP contribution in [0.2, 0.25) is 0 Å². The third kappa shape index (κ3) is 4.40. The summed E-state index contributed by atoms with van der Waals surface area (Å²) >= 11 is 0. The zero-order chi connectivity index (χ0) is 21.8. The van der Waals surface area contributed by atoms with Crippen molar-refractivity contribution in [3.63, 3.8) is 0 Å². The number of hydrogen-bond acceptors (Lipinski definition) is 5. The molecule has 0 aliphatic rings. The maximum atomic E-state index is 12.5. The van der Waals surface area contributed by atoms with Gasteiger partial charge in [-0.25, -0.2) is 0 Å². The Balaban J connectivity index is 1.55. The largest absolute Gasteiger partial charge is 0.497 e. The van der Waals surface area contributed by atoms with Crippen LogP contribution in [0.4, 0.5) is 5.82 Å². The summed E-state index contributed by atoms with van der Waals surface area (Å²) in [6, 6.07) is 15.8. The van der Waals surface area contributed by atoms with Crippen LogP contribution >= 0.6 is 0 Å². The van der Waals surface area contributed by atoms with Crippen molar-refractivity contribution in [1.82, 2.24) is 19.9 Å². The summed E-state index contributed by atoms with van der Waals surface area (Å²) in [6.45, 7) is 0.313. The van der Waals surface area contributed by atoms with E-state index in [0.29, 0.717) is 6.54 Å². The molecule has 0 spiro atoms. The first-order valence-corrected chi connectivity index (χ1v) is 9.68. The van der Waals surface area contributed by atoms with Crippen molar-refractivity contribution in [2.45, 2.75) is 12.5 Å². The van der Waals surface area contributed by atoms with E-state index in [0.717, 1.165) is 27.8 Å². The molecule has 0 aliphatic carbocycles. The van der Waals surface area contributed by atoms with E-state index in [1.54, 1.807) is 7.11 Å². The van der Waals surface area contributed by atoms with Crippen molar-refractivity contribution in [2.75, 3.05) is 13.7 Å². The number of aromatic amines is 1. The summed E-state index contributed by atoms with van der Waals surface area (Å²) < 4.78 is 6.65. The van der Waals surface area contributed by atoms with E-state index in [9.17, 15) is 14.9 Å². The minimum atomic E-state index is -0.592.